The van der Waals surface area contributed by atoms with Crippen LogP contribution in [0.4, 0.5) is 0 Å². The Balaban J connectivity index is 0.00000512. The van der Waals surface area contributed by atoms with Gasteiger partial charge in [-0.05, 0) is 26.1 Å². The van der Waals surface area contributed by atoms with Gasteiger partial charge in [0, 0.05) is 51.4 Å². The maximum absolute atomic E-state index is 5.99. The molecule has 0 saturated carbocycles. The zero-order valence-corrected chi connectivity index (χ0v) is 22.9. The van der Waals surface area contributed by atoms with Gasteiger partial charge in [0.1, 0.15) is 12.4 Å². The molecule has 1 aliphatic rings. The van der Waals surface area contributed by atoms with Gasteiger partial charge in [0.05, 0.1) is 13.2 Å². The van der Waals surface area contributed by atoms with Crippen LogP contribution in [0.1, 0.15) is 32.3 Å². The Labute approximate surface area is 212 Å². The van der Waals surface area contributed by atoms with Crippen molar-refractivity contribution in [1.29, 1.82) is 0 Å². The van der Waals surface area contributed by atoms with E-state index < -0.39 is 0 Å². The van der Waals surface area contributed by atoms with E-state index in [0.29, 0.717) is 25.1 Å². The van der Waals surface area contributed by atoms with Gasteiger partial charge in [-0.15, -0.1) is 24.0 Å². The number of aliphatic imine (C=N–C) groups is 1. The van der Waals surface area contributed by atoms with Crippen LogP contribution >= 0.6 is 24.0 Å². The fraction of sp³-hybridized carbons (Fsp3) is 0.708. The molecule has 0 aliphatic carbocycles. The molecule has 1 unspecified atom stereocenters. The van der Waals surface area contributed by atoms with Crippen LogP contribution in [0, 0.1) is 5.92 Å². The van der Waals surface area contributed by atoms with Gasteiger partial charge in [-0.1, -0.05) is 44.9 Å². The summed E-state index contributed by atoms with van der Waals surface area (Å²) in [6.07, 6.45) is 2.37. The SMILES string of the molecule is CCC(CC)C(CNC(=NC)NCc1ccccc1OCCN(C)C)N1CCOCC1.I. The molecular weight excluding hydrogens is 517 g/mol. The zero-order valence-electron chi connectivity index (χ0n) is 20.6. The average Bonchev–Trinajstić information content (AvgIpc) is 2.79. The highest BCUT2D eigenvalue weighted by Gasteiger charge is 2.27. The minimum atomic E-state index is 0. The predicted octanol–water partition coefficient (Wildman–Crippen LogP) is 3.05. The summed E-state index contributed by atoms with van der Waals surface area (Å²) in [6.45, 7) is 11.4. The molecule has 0 spiro atoms. The highest BCUT2D eigenvalue weighted by atomic mass is 127. The van der Waals surface area contributed by atoms with Crippen molar-refractivity contribution in [3.63, 3.8) is 0 Å². The second kappa shape index (κ2) is 16.5. The average molecular weight is 562 g/mol. The van der Waals surface area contributed by atoms with Crippen molar-refractivity contribution in [2.45, 2.75) is 39.3 Å². The molecule has 1 fully saturated rings. The molecular formula is C24H44IN5O2. The second-order valence-electron chi connectivity index (χ2n) is 8.36. The lowest BCUT2D eigenvalue weighted by atomic mass is 9.92. The number of hydrogen-bond acceptors (Lipinski definition) is 5. The molecule has 0 aromatic heterocycles. The van der Waals surface area contributed by atoms with Crippen LogP contribution < -0.4 is 15.4 Å². The first-order valence-electron chi connectivity index (χ1n) is 11.7. The third-order valence-corrected chi connectivity index (χ3v) is 6.02. The van der Waals surface area contributed by atoms with Crippen LogP contribution in [0.2, 0.25) is 0 Å². The van der Waals surface area contributed by atoms with Crippen molar-refractivity contribution in [2.75, 3.05) is 67.1 Å². The lowest BCUT2D eigenvalue weighted by Crippen LogP contribution is -2.53. The third kappa shape index (κ3) is 9.80. The molecule has 0 amide bonds. The molecule has 2 rings (SSSR count). The van der Waals surface area contributed by atoms with E-state index in [4.69, 9.17) is 9.47 Å². The second-order valence-corrected chi connectivity index (χ2v) is 8.36. The zero-order chi connectivity index (χ0) is 22.5. The maximum Gasteiger partial charge on any atom is 0.191 e. The van der Waals surface area contributed by atoms with Crippen molar-refractivity contribution in [1.82, 2.24) is 20.4 Å². The third-order valence-electron chi connectivity index (χ3n) is 6.02. The van der Waals surface area contributed by atoms with E-state index in [-0.39, 0.29) is 24.0 Å². The van der Waals surface area contributed by atoms with E-state index in [0.717, 1.165) is 56.7 Å². The van der Waals surface area contributed by atoms with E-state index in [2.05, 4.69) is 59.4 Å². The van der Waals surface area contributed by atoms with Gasteiger partial charge in [0.25, 0.3) is 0 Å². The Hall–Kier alpha value is -1.10. The number of halogens is 1. The van der Waals surface area contributed by atoms with Crippen molar-refractivity contribution in [2.24, 2.45) is 10.9 Å². The van der Waals surface area contributed by atoms with Crippen LogP contribution in [-0.2, 0) is 11.3 Å². The van der Waals surface area contributed by atoms with E-state index >= 15 is 0 Å². The van der Waals surface area contributed by atoms with E-state index in [1.54, 1.807) is 0 Å². The molecule has 1 aliphatic heterocycles. The van der Waals surface area contributed by atoms with Crippen LogP contribution in [0.15, 0.2) is 29.3 Å². The summed E-state index contributed by atoms with van der Waals surface area (Å²) in [6, 6.07) is 8.69. The number of hydrogen-bond donors (Lipinski definition) is 2. The Morgan fingerprint density at radius 1 is 1.16 bits per heavy atom. The Morgan fingerprint density at radius 3 is 2.47 bits per heavy atom. The lowest BCUT2D eigenvalue weighted by Gasteiger charge is -2.39. The van der Waals surface area contributed by atoms with Gasteiger partial charge in [0.2, 0.25) is 0 Å². The molecule has 1 heterocycles. The summed E-state index contributed by atoms with van der Waals surface area (Å²) in [4.78, 5) is 9.15. The Bertz CT molecular complexity index is 649. The predicted molar refractivity (Wildman–Crippen MR) is 144 cm³/mol. The number of nitrogens with zero attached hydrogens (tertiary/aromatic N) is 3. The van der Waals surface area contributed by atoms with Crippen molar-refractivity contribution in [3.8, 4) is 5.75 Å². The number of guanidine groups is 1. The molecule has 1 atom stereocenters. The Morgan fingerprint density at radius 2 is 1.84 bits per heavy atom. The molecule has 32 heavy (non-hydrogen) atoms. The number of nitrogens with one attached hydrogen (secondary N) is 2. The highest BCUT2D eigenvalue weighted by Crippen LogP contribution is 2.20. The molecule has 0 radical (unpaired) electrons. The van der Waals surface area contributed by atoms with Gasteiger partial charge in [-0.2, -0.15) is 0 Å². The highest BCUT2D eigenvalue weighted by molar-refractivity contribution is 14.0. The van der Waals surface area contributed by atoms with Gasteiger partial charge >= 0.3 is 0 Å². The normalized spacial score (nSPS) is 16.0. The number of benzene rings is 1. The lowest BCUT2D eigenvalue weighted by molar-refractivity contribution is 0.00272. The molecule has 7 nitrogen and oxygen atoms in total. The van der Waals surface area contributed by atoms with E-state index in [1.807, 2.05) is 25.2 Å². The van der Waals surface area contributed by atoms with Crippen LogP contribution in [0.5, 0.6) is 5.75 Å². The molecule has 184 valence electrons. The van der Waals surface area contributed by atoms with E-state index in [1.165, 1.54) is 12.8 Å². The monoisotopic (exact) mass is 561 g/mol. The molecule has 0 bridgehead atoms. The first-order valence-corrected chi connectivity index (χ1v) is 11.7. The van der Waals surface area contributed by atoms with Gasteiger partial charge in [-0.25, -0.2) is 0 Å². The molecule has 8 heteroatoms. The van der Waals surface area contributed by atoms with Crippen molar-refractivity contribution in [3.05, 3.63) is 29.8 Å². The molecule has 1 saturated heterocycles. The fourth-order valence-corrected chi connectivity index (χ4v) is 4.07. The minimum absolute atomic E-state index is 0. The first-order chi connectivity index (χ1) is 15.1. The van der Waals surface area contributed by atoms with Gasteiger partial charge in [0.15, 0.2) is 5.96 Å². The summed E-state index contributed by atoms with van der Waals surface area (Å²) in [5.74, 6) is 2.41. The van der Waals surface area contributed by atoms with E-state index in [9.17, 15) is 0 Å². The summed E-state index contributed by atoms with van der Waals surface area (Å²) < 4.78 is 11.6. The molecule has 2 N–H and O–H groups in total. The van der Waals surface area contributed by atoms with Crippen molar-refractivity contribution < 1.29 is 9.47 Å². The summed E-state index contributed by atoms with van der Waals surface area (Å²) >= 11 is 0. The molecule has 1 aromatic rings. The van der Waals surface area contributed by atoms with Crippen LogP contribution in [0.25, 0.3) is 0 Å². The summed E-state index contributed by atoms with van der Waals surface area (Å²) in [7, 11) is 5.94. The van der Waals surface area contributed by atoms with Crippen molar-refractivity contribution >= 4 is 29.9 Å². The largest absolute Gasteiger partial charge is 0.492 e. The number of likely N-dealkylation sites (N-methyl/N-ethyl adjacent to an activating group) is 1. The molecule has 1 aromatic carbocycles. The van der Waals surface area contributed by atoms with Gasteiger partial charge < -0.3 is 25.0 Å². The number of morpholine rings is 1. The summed E-state index contributed by atoms with van der Waals surface area (Å²) in [5.41, 5.74) is 1.13. The first kappa shape index (κ1) is 28.9. The quantitative estimate of drug-likeness (QED) is 0.233. The minimum Gasteiger partial charge on any atom is -0.492 e. The number of para-hydroxylation sites is 1. The Kier molecular flexibility index (Phi) is 14.9. The maximum atomic E-state index is 5.99. The number of rotatable bonds is 12. The fourth-order valence-electron chi connectivity index (χ4n) is 4.07. The number of ether oxygens (including phenoxy) is 2. The topological polar surface area (TPSA) is 61.4 Å². The standard InChI is InChI=1S/C24H43N5O2.HI/c1-6-20(7-2)22(29-13-15-30-16-14-29)19-27-24(25-3)26-18-21-10-8-9-11-23(21)31-17-12-28(4)5;/h8-11,20,22H,6-7,12-19H2,1-5H3,(H2,25,26,27);1H. The van der Waals surface area contributed by atoms with Crippen LogP contribution in [-0.4, -0.2) is 88.9 Å². The van der Waals surface area contributed by atoms with Crippen LogP contribution in [0.3, 0.4) is 0 Å². The smallest absolute Gasteiger partial charge is 0.191 e. The van der Waals surface area contributed by atoms with Gasteiger partial charge in [-0.3, -0.25) is 9.89 Å². The summed E-state index contributed by atoms with van der Waals surface area (Å²) in [5, 5.41) is 7.04.